The fourth-order valence-electron chi connectivity index (χ4n) is 3.88. The Morgan fingerprint density at radius 3 is 2.18 bits per heavy atom. The first-order chi connectivity index (χ1) is 16.3. The van der Waals surface area contributed by atoms with Gasteiger partial charge in [-0.15, -0.1) is 0 Å². The van der Waals surface area contributed by atoms with Crippen LogP contribution in [-0.4, -0.2) is 9.97 Å². The zero-order chi connectivity index (χ0) is 24.2. The van der Waals surface area contributed by atoms with E-state index in [-0.39, 0.29) is 18.5 Å². The molecule has 0 bridgehead atoms. The summed E-state index contributed by atoms with van der Waals surface area (Å²) in [5.74, 6) is -0.984. The summed E-state index contributed by atoms with van der Waals surface area (Å²) in [4.78, 5) is 8.45. The molecule has 34 heavy (non-hydrogen) atoms. The van der Waals surface area contributed by atoms with Crippen LogP contribution in [0.1, 0.15) is 27.9 Å². The van der Waals surface area contributed by atoms with Crippen LogP contribution < -0.4 is 5.32 Å². The van der Waals surface area contributed by atoms with Crippen LogP contribution >= 0.6 is 11.6 Å². The number of benzene rings is 2. The third kappa shape index (κ3) is 5.43. The van der Waals surface area contributed by atoms with Crippen molar-refractivity contribution >= 4 is 11.6 Å². The van der Waals surface area contributed by atoms with E-state index >= 15 is 0 Å². The number of hydrogen-bond acceptors (Lipinski definition) is 3. The quantitative estimate of drug-likeness (QED) is 0.301. The molecule has 0 saturated heterocycles. The Labute approximate surface area is 199 Å². The Balaban J connectivity index is 1.93. The van der Waals surface area contributed by atoms with Crippen LogP contribution in [0, 0.1) is 5.82 Å². The lowest BCUT2D eigenvalue weighted by Crippen LogP contribution is -2.46. The van der Waals surface area contributed by atoms with E-state index in [0.29, 0.717) is 16.8 Å². The van der Waals surface area contributed by atoms with Crippen LogP contribution in [-0.2, 0) is 24.7 Å². The van der Waals surface area contributed by atoms with Crippen molar-refractivity contribution in [3.8, 4) is 0 Å². The summed E-state index contributed by atoms with van der Waals surface area (Å²) in [7, 11) is 0. The normalized spacial score (nSPS) is 13.4. The number of halogens is 5. The van der Waals surface area contributed by atoms with Gasteiger partial charge in [0, 0.05) is 31.6 Å². The molecule has 1 unspecified atom stereocenters. The lowest BCUT2D eigenvalue weighted by atomic mass is 9.79. The zero-order valence-corrected chi connectivity index (χ0v) is 18.6. The van der Waals surface area contributed by atoms with Gasteiger partial charge in [-0.1, -0.05) is 41.9 Å². The van der Waals surface area contributed by atoms with Gasteiger partial charge in [-0.3, -0.25) is 15.3 Å². The summed E-state index contributed by atoms with van der Waals surface area (Å²) in [6.07, 6.45) is 0.178. The van der Waals surface area contributed by atoms with Crippen molar-refractivity contribution in [1.29, 1.82) is 0 Å². The summed E-state index contributed by atoms with van der Waals surface area (Å²) < 4.78 is 55.5. The van der Waals surface area contributed by atoms with E-state index in [1.165, 1.54) is 6.20 Å². The fourth-order valence-corrected chi connectivity index (χ4v) is 3.99. The number of nitrogens with zero attached hydrogens (tertiary/aromatic N) is 2. The first kappa shape index (κ1) is 23.9. The smallest absolute Gasteiger partial charge is 0.298 e. The Kier molecular flexibility index (Phi) is 6.95. The minimum Gasteiger partial charge on any atom is -0.298 e. The van der Waals surface area contributed by atoms with Gasteiger partial charge in [-0.25, -0.2) is 4.39 Å². The molecule has 0 aliphatic carbocycles. The Morgan fingerprint density at radius 1 is 0.824 bits per heavy atom. The van der Waals surface area contributed by atoms with Gasteiger partial charge in [0.15, 0.2) is 0 Å². The number of aromatic nitrogens is 2. The van der Waals surface area contributed by atoms with Gasteiger partial charge in [-0.05, 0) is 59.2 Å². The molecule has 4 aromatic rings. The van der Waals surface area contributed by atoms with Crippen LogP contribution in [0.15, 0.2) is 91.4 Å². The molecule has 0 radical (unpaired) electrons. The number of nitrogens with one attached hydrogen (secondary N) is 1. The van der Waals surface area contributed by atoms with Gasteiger partial charge < -0.3 is 0 Å². The Morgan fingerprint density at radius 2 is 1.53 bits per heavy atom. The highest BCUT2D eigenvalue weighted by Crippen LogP contribution is 2.38. The van der Waals surface area contributed by atoms with Gasteiger partial charge >= 0.3 is 6.18 Å². The Hall–Kier alpha value is -3.29. The molecule has 2 aromatic carbocycles. The van der Waals surface area contributed by atoms with Crippen LogP contribution in [0.25, 0.3) is 0 Å². The minimum absolute atomic E-state index is 0.104. The topological polar surface area (TPSA) is 37.8 Å². The molecule has 8 heteroatoms. The van der Waals surface area contributed by atoms with E-state index < -0.39 is 23.1 Å². The zero-order valence-electron chi connectivity index (χ0n) is 17.9. The summed E-state index contributed by atoms with van der Waals surface area (Å²) >= 11 is 6.05. The van der Waals surface area contributed by atoms with Gasteiger partial charge in [0.25, 0.3) is 0 Å². The third-order valence-corrected chi connectivity index (χ3v) is 5.76. The number of hydrogen-bond donors (Lipinski definition) is 1. The van der Waals surface area contributed by atoms with Crippen LogP contribution in [0.2, 0.25) is 5.02 Å². The van der Waals surface area contributed by atoms with Crippen molar-refractivity contribution in [3.05, 3.63) is 130 Å². The average molecular weight is 486 g/mol. The molecule has 2 aromatic heterocycles. The van der Waals surface area contributed by atoms with Gasteiger partial charge in [0.1, 0.15) is 5.82 Å². The fraction of sp³-hybridized carbons (Fsp3) is 0.154. The van der Waals surface area contributed by atoms with Crippen molar-refractivity contribution in [3.63, 3.8) is 0 Å². The second kappa shape index (κ2) is 9.91. The highest BCUT2D eigenvalue weighted by Gasteiger charge is 2.39. The maximum absolute atomic E-state index is 14.6. The molecule has 0 aliphatic rings. The number of rotatable bonds is 7. The summed E-state index contributed by atoms with van der Waals surface area (Å²) in [5.41, 5.74) is -0.161. The molecule has 1 N–H and O–H groups in total. The molecular formula is C26H20ClF4N3. The highest BCUT2D eigenvalue weighted by atomic mass is 35.5. The Bertz CT molecular complexity index is 1230. The largest absolute Gasteiger partial charge is 0.416 e. The second-order valence-electron chi connectivity index (χ2n) is 7.86. The minimum atomic E-state index is -4.71. The molecule has 174 valence electrons. The lowest BCUT2D eigenvalue weighted by molar-refractivity contribution is -0.137. The summed E-state index contributed by atoms with van der Waals surface area (Å²) in [6, 6.07) is 18.7. The molecule has 0 aliphatic heterocycles. The lowest BCUT2D eigenvalue weighted by Gasteiger charge is -2.36. The molecule has 0 saturated carbocycles. The molecule has 0 spiro atoms. The van der Waals surface area contributed by atoms with Crippen molar-refractivity contribution < 1.29 is 17.6 Å². The van der Waals surface area contributed by atoms with Gasteiger partial charge in [-0.2, -0.15) is 13.2 Å². The number of alkyl halides is 3. The molecule has 3 nitrogen and oxygen atoms in total. The highest BCUT2D eigenvalue weighted by molar-refractivity contribution is 6.30. The molecule has 0 fully saturated rings. The van der Waals surface area contributed by atoms with Crippen molar-refractivity contribution in [2.45, 2.75) is 24.7 Å². The second-order valence-corrected chi connectivity index (χ2v) is 8.30. The van der Waals surface area contributed by atoms with Crippen molar-refractivity contribution in [1.82, 2.24) is 15.3 Å². The van der Waals surface area contributed by atoms with E-state index in [1.54, 1.807) is 36.7 Å². The SMILES string of the molecule is Fc1cc(C(F)(F)F)cc(C(Cc2ccccc2)(NCc2ccncc2)c2ccc(Cl)cn2)c1. The van der Waals surface area contributed by atoms with E-state index in [4.69, 9.17) is 11.6 Å². The summed E-state index contributed by atoms with van der Waals surface area (Å²) in [6.45, 7) is 0.275. The van der Waals surface area contributed by atoms with Crippen molar-refractivity contribution in [2.75, 3.05) is 0 Å². The molecule has 2 heterocycles. The van der Waals surface area contributed by atoms with E-state index in [2.05, 4.69) is 15.3 Å². The van der Waals surface area contributed by atoms with E-state index in [9.17, 15) is 17.6 Å². The maximum Gasteiger partial charge on any atom is 0.416 e. The monoisotopic (exact) mass is 485 g/mol. The maximum atomic E-state index is 14.6. The average Bonchev–Trinajstić information content (AvgIpc) is 2.83. The molecule has 4 rings (SSSR count). The van der Waals surface area contributed by atoms with E-state index in [0.717, 1.165) is 23.3 Å². The van der Waals surface area contributed by atoms with Crippen LogP contribution in [0.3, 0.4) is 0 Å². The van der Waals surface area contributed by atoms with Crippen molar-refractivity contribution in [2.24, 2.45) is 0 Å². The predicted molar refractivity (Wildman–Crippen MR) is 123 cm³/mol. The summed E-state index contributed by atoms with van der Waals surface area (Å²) in [5, 5.41) is 3.77. The molecule has 0 amide bonds. The molecular weight excluding hydrogens is 466 g/mol. The standard InChI is InChI=1S/C26H20ClF4N3/c27-22-6-7-24(33-17-22)25(15-18-4-2-1-3-5-18,34-16-19-8-10-32-11-9-19)20-12-21(26(29,30)31)14-23(28)13-20/h1-14,17,34H,15-16H2. The van der Waals surface area contributed by atoms with Gasteiger partial charge in [0.2, 0.25) is 0 Å². The first-order valence-corrected chi connectivity index (χ1v) is 10.8. The van der Waals surface area contributed by atoms with Gasteiger partial charge in [0.05, 0.1) is 21.8 Å². The van der Waals surface area contributed by atoms with Crippen LogP contribution in [0.5, 0.6) is 0 Å². The molecule has 1 atom stereocenters. The third-order valence-electron chi connectivity index (χ3n) is 5.54. The predicted octanol–water partition coefficient (Wildman–Crippen LogP) is 6.56. The van der Waals surface area contributed by atoms with E-state index in [1.807, 2.05) is 30.3 Å². The number of pyridine rings is 2. The van der Waals surface area contributed by atoms with Crippen LogP contribution in [0.4, 0.5) is 17.6 Å². The first-order valence-electron chi connectivity index (χ1n) is 10.4.